The van der Waals surface area contributed by atoms with Crippen molar-refractivity contribution in [3.8, 4) is 0 Å². The topological polar surface area (TPSA) is 92.2 Å². The quantitative estimate of drug-likeness (QED) is 0.882. The van der Waals surface area contributed by atoms with E-state index in [9.17, 15) is 9.59 Å². The highest BCUT2D eigenvalue weighted by atomic mass is 32.1. The maximum Gasteiger partial charge on any atom is 0.305 e. The Morgan fingerprint density at radius 1 is 1.33 bits per heavy atom. The third-order valence-corrected chi connectivity index (χ3v) is 3.93. The van der Waals surface area contributed by atoms with Gasteiger partial charge in [-0.05, 0) is 36.5 Å². The number of carbonyl (C=O) groups excluding carboxylic acids is 1. The molecule has 1 atom stereocenters. The molecule has 0 saturated carbocycles. The summed E-state index contributed by atoms with van der Waals surface area (Å²) < 4.78 is 3.72. The monoisotopic (exact) mass is 305 g/mol. The van der Waals surface area contributed by atoms with Gasteiger partial charge < -0.3 is 10.4 Å². The lowest BCUT2D eigenvalue weighted by Gasteiger charge is -2.19. The molecule has 0 aliphatic carbocycles. The molecule has 1 aromatic heterocycles. The SMILES string of the molecule is Cc1ccccc1C(CC(=O)O)NC(=O)c1snnc1C. The molecule has 1 heterocycles. The first-order valence-corrected chi connectivity index (χ1v) is 7.13. The average molecular weight is 305 g/mol. The predicted octanol–water partition coefficient (Wildman–Crippen LogP) is 2.10. The van der Waals surface area contributed by atoms with Gasteiger partial charge in [0.05, 0.1) is 18.2 Å². The number of aryl methyl sites for hydroxylation is 2. The molecule has 1 aromatic carbocycles. The Kier molecular flexibility index (Phi) is 4.64. The van der Waals surface area contributed by atoms with Crippen LogP contribution >= 0.6 is 11.5 Å². The first kappa shape index (κ1) is 15.1. The van der Waals surface area contributed by atoms with Crippen LogP contribution in [-0.4, -0.2) is 26.6 Å². The summed E-state index contributed by atoms with van der Waals surface area (Å²) in [6.07, 6.45) is -0.179. The Hall–Kier alpha value is -2.28. The number of benzene rings is 1. The van der Waals surface area contributed by atoms with Crippen molar-refractivity contribution in [1.82, 2.24) is 14.9 Å². The number of carboxylic acid groups (broad SMARTS) is 1. The van der Waals surface area contributed by atoms with E-state index in [1.54, 1.807) is 6.92 Å². The molecule has 2 N–H and O–H groups in total. The van der Waals surface area contributed by atoms with Crippen LogP contribution in [0.15, 0.2) is 24.3 Å². The molecule has 0 saturated heterocycles. The van der Waals surface area contributed by atoms with Crippen LogP contribution in [0, 0.1) is 13.8 Å². The minimum atomic E-state index is -0.970. The first-order chi connectivity index (χ1) is 9.99. The normalized spacial score (nSPS) is 11.9. The zero-order chi connectivity index (χ0) is 15.4. The van der Waals surface area contributed by atoms with Crippen LogP contribution in [-0.2, 0) is 4.79 Å². The Morgan fingerprint density at radius 3 is 2.62 bits per heavy atom. The van der Waals surface area contributed by atoms with Crippen LogP contribution in [0.2, 0.25) is 0 Å². The molecular weight excluding hydrogens is 290 g/mol. The molecule has 0 radical (unpaired) electrons. The highest BCUT2D eigenvalue weighted by Crippen LogP contribution is 2.22. The summed E-state index contributed by atoms with van der Waals surface area (Å²) in [4.78, 5) is 23.7. The van der Waals surface area contributed by atoms with Gasteiger partial charge >= 0.3 is 5.97 Å². The van der Waals surface area contributed by atoms with Crippen LogP contribution in [0.25, 0.3) is 0 Å². The number of aromatic nitrogens is 2. The molecular formula is C14H15N3O3S. The molecule has 110 valence electrons. The largest absolute Gasteiger partial charge is 0.481 e. The second-order valence-corrected chi connectivity index (χ2v) is 5.42. The van der Waals surface area contributed by atoms with Crippen LogP contribution < -0.4 is 5.32 Å². The van der Waals surface area contributed by atoms with Crippen molar-refractivity contribution in [1.29, 1.82) is 0 Å². The maximum atomic E-state index is 12.2. The highest BCUT2D eigenvalue weighted by molar-refractivity contribution is 7.08. The molecule has 2 rings (SSSR count). The van der Waals surface area contributed by atoms with Gasteiger partial charge in [0.15, 0.2) is 0 Å². The lowest BCUT2D eigenvalue weighted by atomic mass is 9.98. The number of amides is 1. The zero-order valence-electron chi connectivity index (χ0n) is 11.7. The Morgan fingerprint density at radius 2 is 2.05 bits per heavy atom. The molecule has 21 heavy (non-hydrogen) atoms. The van der Waals surface area contributed by atoms with Crippen molar-refractivity contribution in [2.75, 3.05) is 0 Å². The average Bonchev–Trinajstić information content (AvgIpc) is 2.84. The van der Waals surface area contributed by atoms with Crippen molar-refractivity contribution in [3.05, 3.63) is 46.0 Å². The standard InChI is InChI=1S/C14H15N3O3S/c1-8-5-3-4-6-10(8)11(7-12(18)19)15-14(20)13-9(2)16-17-21-13/h3-6,11H,7H2,1-2H3,(H,15,20)(H,18,19). The van der Waals surface area contributed by atoms with E-state index in [1.165, 1.54) is 0 Å². The number of nitrogens with zero attached hydrogens (tertiary/aromatic N) is 2. The van der Waals surface area contributed by atoms with Gasteiger partial charge in [0.1, 0.15) is 4.88 Å². The smallest absolute Gasteiger partial charge is 0.305 e. The summed E-state index contributed by atoms with van der Waals surface area (Å²) in [6.45, 7) is 3.58. The van der Waals surface area contributed by atoms with Gasteiger partial charge in [-0.15, -0.1) is 5.10 Å². The zero-order valence-corrected chi connectivity index (χ0v) is 12.5. The summed E-state index contributed by atoms with van der Waals surface area (Å²) in [6, 6.07) is 6.81. The summed E-state index contributed by atoms with van der Waals surface area (Å²) >= 11 is 0.997. The van der Waals surface area contributed by atoms with Crippen molar-refractivity contribution in [2.24, 2.45) is 0 Å². The van der Waals surface area contributed by atoms with E-state index < -0.39 is 12.0 Å². The lowest BCUT2D eigenvalue weighted by molar-refractivity contribution is -0.137. The van der Waals surface area contributed by atoms with Crippen molar-refractivity contribution in [3.63, 3.8) is 0 Å². The number of hydrogen-bond donors (Lipinski definition) is 2. The van der Waals surface area contributed by atoms with Crippen molar-refractivity contribution < 1.29 is 14.7 Å². The fraction of sp³-hybridized carbons (Fsp3) is 0.286. The van der Waals surface area contributed by atoms with E-state index in [-0.39, 0.29) is 12.3 Å². The Labute approximate surface area is 126 Å². The fourth-order valence-electron chi connectivity index (χ4n) is 2.05. The number of hydrogen-bond acceptors (Lipinski definition) is 5. The molecule has 2 aromatic rings. The van der Waals surface area contributed by atoms with Gasteiger partial charge in [-0.3, -0.25) is 9.59 Å². The van der Waals surface area contributed by atoms with Gasteiger partial charge in [0, 0.05) is 0 Å². The number of carboxylic acids is 1. The third-order valence-electron chi connectivity index (χ3n) is 3.11. The highest BCUT2D eigenvalue weighted by Gasteiger charge is 2.22. The molecule has 0 aliphatic heterocycles. The molecule has 0 fully saturated rings. The van der Waals surface area contributed by atoms with E-state index in [0.717, 1.165) is 22.7 Å². The second kappa shape index (κ2) is 6.45. The second-order valence-electron chi connectivity index (χ2n) is 4.67. The van der Waals surface area contributed by atoms with Crippen molar-refractivity contribution >= 4 is 23.4 Å². The van der Waals surface area contributed by atoms with E-state index in [1.807, 2.05) is 31.2 Å². The molecule has 1 amide bonds. The maximum absolute atomic E-state index is 12.2. The molecule has 1 unspecified atom stereocenters. The van der Waals surface area contributed by atoms with Gasteiger partial charge in [0.25, 0.3) is 5.91 Å². The van der Waals surface area contributed by atoms with Crippen LogP contribution in [0.3, 0.4) is 0 Å². The van der Waals surface area contributed by atoms with Gasteiger partial charge in [-0.25, -0.2) is 0 Å². The summed E-state index contributed by atoms with van der Waals surface area (Å²) in [7, 11) is 0. The summed E-state index contributed by atoms with van der Waals surface area (Å²) in [5.74, 6) is -1.32. The molecule has 7 heteroatoms. The Bertz CT molecular complexity index is 669. The van der Waals surface area contributed by atoms with E-state index in [0.29, 0.717) is 10.6 Å². The van der Waals surface area contributed by atoms with Gasteiger partial charge in [-0.1, -0.05) is 28.8 Å². The summed E-state index contributed by atoms with van der Waals surface area (Å²) in [5.41, 5.74) is 2.27. The molecule has 0 bridgehead atoms. The van der Waals surface area contributed by atoms with Crippen LogP contribution in [0.1, 0.15) is 39.0 Å². The summed E-state index contributed by atoms with van der Waals surface area (Å²) in [5, 5.41) is 15.6. The van der Waals surface area contributed by atoms with Gasteiger partial charge in [0.2, 0.25) is 0 Å². The number of rotatable bonds is 5. The molecule has 6 nitrogen and oxygen atoms in total. The first-order valence-electron chi connectivity index (χ1n) is 6.36. The molecule has 0 aliphatic rings. The minimum absolute atomic E-state index is 0.179. The van der Waals surface area contributed by atoms with E-state index >= 15 is 0 Å². The number of carbonyl (C=O) groups is 2. The third kappa shape index (κ3) is 3.63. The number of aliphatic carboxylic acids is 1. The molecule has 0 spiro atoms. The van der Waals surface area contributed by atoms with Crippen molar-refractivity contribution in [2.45, 2.75) is 26.3 Å². The van der Waals surface area contributed by atoms with E-state index in [4.69, 9.17) is 5.11 Å². The van der Waals surface area contributed by atoms with Crippen LogP contribution in [0.4, 0.5) is 0 Å². The van der Waals surface area contributed by atoms with Gasteiger partial charge in [-0.2, -0.15) is 0 Å². The Balaban J connectivity index is 2.25. The lowest BCUT2D eigenvalue weighted by Crippen LogP contribution is -2.30. The number of nitrogens with one attached hydrogen (secondary N) is 1. The fourth-order valence-corrected chi connectivity index (χ4v) is 2.61. The predicted molar refractivity (Wildman–Crippen MR) is 78.3 cm³/mol. The van der Waals surface area contributed by atoms with E-state index in [2.05, 4.69) is 14.9 Å². The van der Waals surface area contributed by atoms with Crippen LogP contribution in [0.5, 0.6) is 0 Å². The minimum Gasteiger partial charge on any atom is -0.481 e.